The molecule has 1 aromatic carbocycles. The van der Waals surface area contributed by atoms with Gasteiger partial charge in [-0.05, 0) is 57.2 Å². The van der Waals surface area contributed by atoms with Crippen LogP contribution in [0.2, 0.25) is 0 Å². The number of allylic oxidation sites excluding steroid dienone is 1. The molecule has 0 spiro atoms. The summed E-state index contributed by atoms with van der Waals surface area (Å²) in [7, 11) is -3.45. The van der Waals surface area contributed by atoms with Gasteiger partial charge in [0.15, 0.2) is 6.10 Å². The third-order valence-corrected chi connectivity index (χ3v) is 4.79. The molecular weight excluding hydrogens is 368 g/mol. The van der Waals surface area contributed by atoms with Crippen molar-refractivity contribution in [3.63, 3.8) is 0 Å². The van der Waals surface area contributed by atoms with Gasteiger partial charge < -0.3 is 10.1 Å². The van der Waals surface area contributed by atoms with E-state index >= 15 is 0 Å². The van der Waals surface area contributed by atoms with Crippen LogP contribution >= 0.6 is 0 Å². The Balaban J connectivity index is 1.84. The predicted molar refractivity (Wildman–Crippen MR) is 104 cm³/mol. The van der Waals surface area contributed by atoms with Crippen LogP contribution in [0.1, 0.15) is 49.4 Å². The number of ether oxygens (including phenoxy) is 1. The van der Waals surface area contributed by atoms with E-state index in [1.807, 2.05) is 0 Å². The van der Waals surface area contributed by atoms with Gasteiger partial charge in [-0.3, -0.25) is 9.52 Å². The van der Waals surface area contributed by atoms with E-state index in [0.717, 1.165) is 25.5 Å². The number of benzene rings is 1. The van der Waals surface area contributed by atoms with Gasteiger partial charge in [0.2, 0.25) is 10.0 Å². The second kappa shape index (κ2) is 9.55. The first-order chi connectivity index (χ1) is 12.7. The maximum Gasteiger partial charge on any atom is 0.338 e. The Kier molecular flexibility index (Phi) is 7.41. The van der Waals surface area contributed by atoms with E-state index in [-0.39, 0.29) is 17.2 Å². The quantitative estimate of drug-likeness (QED) is 0.521. The highest BCUT2D eigenvalue weighted by Crippen LogP contribution is 2.19. The lowest BCUT2D eigenvalue weighted by molar-refractivity contribution is -0.129. The summed E-state index contributed by atoms with van der Waals surface area (Å²) in [6.07, 6.45) is 7.73. The molecule has 8 heteroatoms. The van der Waals surface area contributed by atoms with E-state index < -0.39 is 22.1 Å². The molecule has 0 saturated carbocycles. The first-order valence-corrected chi connectivity index (χ1v) is 10.9. The molecule has 1 atom stereocenters. The molecule has 0 saturated heterocycles. The van der Waals surface area contributed by atoms with E-state index in [2.05, 4.69) is 16.1 Å². The van der Waals surface area contributed by atoms with Gasteiger partial charge in [-0.1, -0.05) is 17.7 Å². The number of hydrogen-bond donors (Lipinski definition) is 2. The fourth-order valence-corrected chi connectivity index (χ4v) is 3.38. The lowest BCUT2D eigenvalue weighted by atomic mass is 9.97. The lowest BCUT2D eigenvalue weighted by Crippen LogP contribution is -2.36. The molecule has 2 rings (SSSR count). The van der Waals surface area contributed by atoms with Crippen molar-refractivity contribution in [2.45, 2.75) is 45.1 Å². The van der Waals surface area contributed by atoms with Crippen LogP contribution in [0, 0.1) is 0 Å². The van der Waals surface area contributed by atoms with Crippen LogP contribution in [-0.2, 0) is 19.6 Å². The molecule has 0 fully saturated rings. The third kappa shape index (κ3) is 7.42. The Hall–Kier alpha value is -2.35. The second-order valence-electron chi connectivity index (χ2n) is 6.65. The second-order valence-corrected chi connectivity index (χ2v) is 8.40. The third-order valence-electron chi connectivity index (χ3n) is 4.18. The summed E-state index contributed by atoms with van der Waals surface area (Å²) < 4.78 is 30.0. The number of sulfonamides is 1. The fourth-order valence-electron chi connectivity index (χ4n) is 2.83. The number of amides is 1. The van der Waals surface area contributed by atoms with Gasteiger partial charge in [0.1, 0.15) is 0 Å². The Morgan fingerprint density at radius 1 is 1.26 bits per heavy atom. The zero-order chi connectivity index (χ0) is 19.9. The SMILES string of the molecule is C[C@@H](OC(=O)c1cccc(NS(C)(=O)=O)c1)C(=O)NCCC1=CCCCC1. The van der Waals surface area contributed by atoms with E-state index in [1.165, 1.54) is 49.6 Å². The molecule has 148 valence electrons. The summed E-state index contributed by atoms with van der Waals surface area (Å²) in [4.78, 5) is 24.3. The van der Waals surface area contributed by atoms with Crippen molar-refractivity contribution < 1.29 is 22.7 Å². The van der Waals surface area contributed by atoms with Gasteiger partial charge in [0.25, 0.3) is 5.91 Å². The molecule has 0 aromatic heterocycles. The molecular formula is C19H26N2O5S. The minimum absolute atomic E-state index is 0.163. The van der Waals surface area contributed by atoms with Crippen molar-refractivity contribution in [1.82, 2.24) is 5.32 Å². The molecule has 0 radical (unpaired) electrons. The van der Waals surface area contributed by atoms with Crippen molar-refractivity contribution >= 4 is 27.6 Å². The molecule has 1 aliphatic carbocycles. The van der Waals surface area contributed by atoms with Gasteiger partial charge in [-0.25, -0.2) is 13.2 Å². The summed E-state index contributed by atoms with van der Waals surface area (Å²) >= 11 is 0. The summed E-state index contributed by atoms with van der Waals surface area (Å²) in [6, 6.07) is 5.92. The van der Waals surface area contributed by atoms with Gasteiger partial charge in [0.05, 0.1) is 11.8 Å². The maximum absolute atomic E-state index is 12.2. The Morgan fingerprint density at radius 2 is 2.04 bits per heavy atom. The zero-order valence-corrected chi connectivity index (χ0v) is 16.5. The first-order valence-electron chi connectivity index (χ1n) is 8.99. The van der Waals surface area contributed by atoms with Crippen LogP contribution in [0.3, 0.4) is 0 Å². The number of anilines is 1. The fraction of sp³-hybridized carbons (Fsp3) is 0.474. The van der Waals surface area contributed by atoms with Crippen LogP contribution in [0.4, 0.5) is 5.69 Å². The standard InChI is InChI=1S/C19H26N2O5S/c1-14(18(22)20-12-11-15-7-4-3-5-8-15)26-19(23)16-9-6-10-17(13-16)21-27(2,24)25/h6-7,9-10,13-14,21H,3-5,8,11-12H2,1-2H3,(H,20,22)/t14-/m1/s1. The van der Waals surface area contributed by atoms with Crippen molar-refractivity contribution in [2.75, 3.05) is 17.5 Å². The minimum atomic E-state index is -3.45. The Bertz CT molecular complexity index is 817. The molecule has 2 N–H and O–H groups in total. The highest BCUT2D eigenvalue weighted by atomic mass is 32.2. The Labute approximate surface area is 160 Å². The van der Waals surface area contributed by atoms with Crippen LogP contribution in [-0.4, -0.2) is 39.2 Å². The van der Waals surface area contributed by atoms with Crippen LogP contribution in [0.15, 0.2) is 35.9 Å². The van der Waals surface area contributed by atoms with Crippen molar-refractivity contribution in [1.29, 1.82) is 0 Å². The van der Waals surface area contributed by atoms with Gasteiger partial charge >= 0.3 is 5.97 Å². The van der Waals surface area contributed by atoms with Crippen molar-refractivity contribution in [3.05, 3.63) is 41.5 Å². The normalized spacial score (nSPS) is 15.4. The number of carbonyl (C=O) groups is 2. The number of rotatable bonds is 8. The molecule has 1 amide bonds. The molecule has 0 heterocycles. The average Bonchev–Trinajstić information content (AvgIpc) is 2.61. The van der Waals surface area contributed by atoms with Crippen molar-refractivity contribution in [3.8, 4) is 0 Å². The number of carbonyl (C=O) groups excluding carboxylic acids is 2. The molecule has 7 nitrogen and oxygen atoms in total. The topological polar surface area (TPSA) is 102 Å². The Morgan fingerprint density at radius 3 is 2.70 bits per heavy atom. The number of nitrogens with one attached hydrogen (secondary N) is 2. The first kappa shape index (κ1) is 21.0. The molecule has 1 aliphatic rings. The smallest absolute Gasteiger partial charge is 0.338 e. The van der Waals surface area contributed by atoms with Crippen LogP contribution in [0.5, 0.6) is 0 Å². The van der Waals surface area contributed by atoms with E-state index in [4.69, 9.17) is 4.74 Å². The largest absolute Gasteiger partial charge is 0.449 e. The molecule has 1 aromatic rings. The number of hydrogen-bond acceptors (Lipinski definition) is 5. The van der Waals surface area contributed by atoms with E-state index in [1.54, 1.807) is 0 Å². The lowest BCUT2D eigenvalue weighted by Gasteiger charge is -2.16. The minimum Gasteiger partial charge on any atom is -0.449 e. The van der Waals surface area contributed by atoms with Crippen LogP contribution < -0.4 is 10.0 Å². The molecule has 0 bridgehead atoms. The van der Waals surface area contributed by atoms with Gasteiger partial charge in [0, 0.05) is 12.2 Å². The summed E-state index contributed by atoms with van der Waals surface area (Å²) in [5.74, 6) is -1.05. The highest BCUT2D eigenvalue weighted by molar-refractivity contribution is 7.92. The number of esters is 1. The summed E-state index contributed by atoms with van der Waals surface area (Å²) in [6.45, 7) is 2.02. The van der Waals surface area contributed by atoms with Crippen molar-refractivity contribution in [2.24, 2.45) is 0 Å². The average molecular weight is 394 g/mol. The van der Waals surface area contributed by atoms with Gasteiger partial charge in [-0.2, -0.15) is 0 Å². The zero-order valence-electron chi connectivity index (χ0n) is 15.7. The summed E-state index contributed by atoms with van der Waals surface area (Å²) in [5, 5.41) is 2.78. The maximum atomic E-state index is 12.2. The predicted octanol–water partition coefficient (Wildman–Crippen LogP) is 2.61. The summed E-state index contributed by atoms with van der Waals surface area (Å²) in [5.41, 5.74) is 1.78. The molecule has 0 aliphatic heterocycles. The molecule has 27 heavy (non-hydrogen) atoms. The van der Waals surface area contributed by atoms with Crippen LogP contribution in [0.25, 0.3) is 0 Å². The highest BCUT2D eigenvalue weighted by Gasteiger charge is 2.19. The van der Waals surface area contributed by atoms with Gasteiger partial charge in [-0.15, -0.1) is 0 Å². The van der Waals surface area contributed by atoms with E-state index in [0.29, 0.717) is 6.54 Å². The molecule has 0 unspecified atom stereocenters. The van der Waals surface area contributed by atoms with E-state index in [9.17, 15) is 18.0 Å². The monoisotopic (exact) mass is 394 g/mol.